The van der Waals surface area contributed by atoms with Crippen molar-refractivity contribution in [2.24, 2.45) is 11.7 Å². The number of amides is 5. The fraction of sp³-hybridized carbons (Fsp3) is 0.583. The van der Waals surface area contributed by atoms with E-state index < -0.39 is 41.8 Å². The van der Waals surface area contributed by atoms with Crippen LogP contribution in [0.3, 0.4) is 0 Å². The van der Waals surface area contributed by atoms with Gasteiger partial charge in [0.05, 0.1) is 12.6 Å². The number of aliphatic carboxylic acids is 2. The Balaban J connectivity index is 2.22. The first-order valence-electron chi connectivity index (χ1n) is 23.3. The Morgan fingerprint density at radius 1 is 0.636 bits per heavy atom. The molecule has 366 valence electrons. The van der Waals surface area contributed by atoms with Crippen LogP contribution in [-0.2, 0) is 44.8 Å². The number of Topliss-reactive ketones (excluding diaryl/α,β-unsaturated/α-hetero) is 1. The molecule has 0 saturated carbocycles. The fourth-order valence-electron chi connectivity index (χ4n) is 7.21. The maximum absolute atomic E-state index is 14.2. The van der Waals surface area contributed by atoms with Gasteiger partial charge < -0.3 is 53.2 Å². The second kappa shape index (κ2) is 32.9. The molecule has 2 rings (SSSR count). The van der Waals surface area contributed by atoms with E-state index in [2.05, 4.69) is 44.1 Å². The van der Waals surface area contributed by atoms with Gasteiger partial charge in [0, 0.05) is 76.9 Å². The van der Waals surface area contributed by atoms with Crippen LogP contribution in [0.1, 0.15) is 116 Å². The number of nitrogens with two attached hydrogens (primary N) is 1. The number of carboxylic acids is 2. The van der Waals surface area contributed by atoms with Gasteiger partial charge in [0.15, 0.2) is 5.78 Å². The molecule has 11 N–H and O–H groups in total. The molecule has 0 bridgehead atoms. The highest BCUT2D eigenvalue weighted by atomic mass is 16.4. The first-order valence-corrected chi connectivity index (χ1v) is 23.3. The van der Waals surface area contributed by atoms with Crippen LogP contribution < -0.4 is 43.0 Å². The summed E-state index contributed by atoms with van der Waals surface area (Å²) in [4.78, 5) is 98.2. The number of anilines is 1. The summed E-state index contributed by atoms with van der Waals surface area (Å²) in [6, 6.07) is 12.7. The zero-order chi connectivity index (χ0) is 48.7. The number of carboxylic acid groups (broad SMARTS) is 2. The van der Waals surface area contributed by atoms with E-state index in [9.17, 15) is 43.5 Å². The number of carbonyl (C=O) groups excluding carboxylic acids is 6. The van der Waals surface area contributed by atoms with E-state index in [0.29, 0.717) is 25.2 Å². The minimum Gasteiger partial charge on any atom is -0.481 e. The van der Waals surface area contributed by atoms with E-state index >= 15 is 0 Å². The molecule has 2 aromatic carbocycles. The average molecular weight is 923 g/mol. The van der Waals surface area contributed by atoms with Crippen molar-refractivity contribution in [2.75, 3.05) is 44.6 Å². The van der Waals surface area contributed by atoms with Crippen molar-refractivity contribution in [1.29, 1.82) is 0 Å². The molecule has 18 nitrogen and oxygen atoms in total. The van der Waals surface area contributed by atoms with Crippen LogP contribution >= 0.6 is 0 Å². The lowest BCUT2D eigenvalue weighted by Crippen LogP contribution is -2.46. The summed E-state index contributed by atoms with van der Waals surface area (Å²) >= 11 is 0. The largest absolute Gasteiger partial charge is 0.481 e. The van der Waals surface area contributed by atoms with Crippen molar-refractivity contribution in [3.05, 3.63) is 54.1 Å². The number of nitrogens with one attached hydrogen (secondary N) is 7. The van der Waals surface area contributed by atoms with Gasteiger partial charge in [-0.3, -0.25) is 33.6 Å². The summed E-state index contributed by atoms with van der Waals surface area (Å²) in [7, 11) is 0. The molecule has 0 unspecified atom stereocenters. The summed E-state index contributed by atoms with van der Waals surface area (Å²) in [6.07, 6.45) is 9.04. The molecule has 0 aliphatic rings. The summed E-state index contributed by atoms with van der Waals surface area (Å²) in [5.74, 6) is -5.54. The van der Waals surface area contributed by atoms with E-state index in [1.165, 1.54) is 46.0 Å². The molecule has 0 fully saturated rings. The first kappa shape index (κ1) is 56.4. The molecule has 5 amide bonds. The maximum atomic E-state index is 14.2. The van der Waals surface area contributed by atoms with Gasteiger partial charge >= 0.3 is 11.9 Å². The number of ketones is 1. The fourth-order valence-corrected chi connectivity index (χ4v) is 7.21. The molecule has 18 heteroatoms. The number of hydrogen-bond donors (Lipinski definition) is 10. The second-order valence-electron chi connectivity index (χ2n) is 16.7. The third-order valence-electron chi connectivity index (χ3n) is 10.9. The molecule has 0 heterocycles. The lowest BCUT2D eigenvalue weighted by Gasteiger charge is -2.23. The van der Waals surface area contributed by atoms with Gasteiger partial charge in [-0.15, -0.1) is 0 Å². The van der Waals surface area contributed by atoms with Crippen LogP contribution in [0.4, 0.5) is 5.69 Å². The number of carbonyl (C=O) groups is 8. The highest BCUT2D eigenvalue weighted by molar-refractivity contribution is 5.90. The van der Waals surface area contributed by atoms with Gasteiger partial charge in [0.25, 0.3) is 0 Å². The van der Waals surface area contributed by atoms with Crippen LogP contribution in [-0.4, -0.2) is 115 Å². The highest BCUT2D eigenvalue weighted by Gasteiger charge is 2.28. The molecular weight excluding hydrogens is 849 g/mol. The Morgan fingerprint density at radius 3 is 1.89 bits per heavy atom. The van der Waals surface area contributed by atoms with Crippen LogP contribution in [0.5, 0.6) is 0 Å². The number of rotatable bonds is 36. The number of benzene rings is 2. The monoisotopic (exact) mass is 923 g/mol. The van der Waals surface area contributed by atoms with Crippen molar-refractivity contribution in [3.63, 3.8) is 0 Å². The molecule has 0 aromatic heterocycles. The first-order chi connectivity index (χ1) is 31.6. The molecule has 0 aliphatic heterocycles. The van der Waals surface area contributed by atoms with Gasteiger partial charge in [-0.05, 0) is 67.5 Å². The third-order valence-corrected chi connectivity index (χ3v) is 10.9. The Hall–Kier alpha value is -5.72. The topological polar surface area (TPSA) is 287 Å². The Kier molecular flexibility index (Phi) is 28.1. The molecule has 0 saturated heterocycles. The predicted octanol–water partition coefficient (Wildman–Crippen LogP) is 3.42. The van der Waals surface area contributed by atoms with Crippen molar-refractivity contribution < 1.29 is 48.6 Å². The van der Waals surface area contributed by atoms with E-state index in [1.807, 2.05) is 36.4 Å². The average Bonchev–Trinajstić information content (AvgIpc) is 3.26. The molecule has 0 aliphatic carbocycles. The quantitative estimate of drug-likeness (QED) is 0.0439. The van der Waals surface area contributed by atoms with Crippen LogP contribution in [0, 0.1) is 5.92 Å². The zero-order valence-electron chi connectivity index (χ0n) is 39.0. The lowest BCUT2D eigenvalue weighted by atomic mass is 9.90. The van der Waals surface area contributed by atoms with Gasteiger partial charge in [-0.1, -0.05) is 88.3 Å². The summed E-state index contributed by atoms with van der Waals surface area (Å²) in [5.41, 5.74) is 9.61. The van der Waals surface area contributed by atoms with Crippen LogP contribution in [0.25, 0.3) is 11.1 Å². The minimum atomic E-state index is -1.34. The Morgan fingerprint density at radius 2 is 1.27 bits per heavy atom. The Bertz CT molecular complexity index is 1830. The smallest absolute Gasteiger partial charge is 0.326 e. The molecular formula is C48H74N8O10. The summed E-state index contributed by atoms with van der Waals surface area (Å²) in [6.45, 7) is 6.03. The summed E-state index contributed by atoms with van der Waals surface area (Å²) in [5, 5.41) is 38.3. The molecule has 66 heavy (non-hydrogen) atoms. The highest BCUT2D eigenvalue weighted by Crippen LogP contribution is 2.24. The number of unbranched alkanes of at least 4 members (excludes halogenated alkanes) is 6. The van der Waals surface area contributed by atoms with Gasteiger partial charge in [-0.25, -0.2) is 4.79 Å². The molecule has 0 radical (unpaired) electrons. The third kappa shape index (κ3) is 25.7. The van der Waals surface area contributed by atoms with Crippen LogP contribution in [0.2, 0.25) is 0 Å². The van der Waals surface area contributed by atoms with Gasteiger partial charge in [0.2, 0.25) is 29.5 Å². The van der Waals surface area contributed by atoms with Gasteiger partial charge in [0.1, 0.15) is 6.04 Å². The lowest BCUT2D eigenvalue weighted by molar-refractivity contribution is -0.142. The minimum absolute atomic E-state index is 0.0395. The standard InChI is InChI=1S/C48H74N8O10/c1-4-5-6-7-8-9-10-12-39(49)31-50-25-23-41(51-27-28-52-45(61)32-54-33(2)57)43(59)30-38(47(64)53-26-24-42(48(65)66)56-44(60)13-11-14-46(62)63)29-35-15-17-36(18-16-35)37-19-21-40(22-20-37)55-34(3)58/h15-22,38-39,41-42,50-51H,4-14,23-32,49H2,1-3H3,(H,52,61)(H,53,64)(H,54,57)(H,55,58)(H,56,60)(H,62,63)(H,65,66)/t38-,39-,41-,42+/m0/s1. The number of hydrogen-bond acceptors (Lipinski definition) is 11. The zero-order valence-corrected chi connectivity index (χ0v) is 39.0. The summed E-state index contributed by atoms with van der Waals surface area (Å²) < 4.78 is 0. The molecule has 0 spiro atoms. The van der Waals surface area contributed by atoms with Crippen molar-refractivity contribution in [3.8, 4) is 11.1 Å². The molecule has 4 atom stereocenters. The van der Waals surface area contributed by atoms with E-state index in [4.69, 9.17) is 10.8 Å². The van der Waals surface area contributed by atoms with E-state index in [-0.39, 0.29) is 94.3 Å². The van der Waals surface area contributed by atoms with Crippen molar-refractivity contribution in [1.82, 2.24) is 31.9 Å². The predicted molar refractivity (Wildman–Crippen MR) is 253 cm³/mol. The van der Waals surface area contributed by atoms with E-state index in [0.717, 1.165) is 36.0 Å². The van der Waals surface area contributed by atoms with E-state index in [1.54, 1.807) is 12.1 Å². The molecule has 2 aromatic rings. The second-order valence-corrected chi connectivity index (χ2v) is 16.7. The van der Waals surface area contributed by atoms with Gasteiger partial charge in [-0.2, -0.15) is 0 Å². The normalized spacial score (nSPS) is 12.8. The SMILES string of the molecule is CCCCCCCCC[C@H](N)CNCC[C@H](NCCNC(=O)CNC(C)=O)C(=O)C[C@H](Cc1ccc(-c2ccc(NC(C)=O)cc2)cc1)C(=O)NCC[C@@H](NC(=O)CCCC(=O)O)C(=O)O. The maximum Gasteiger partial charge on any atom is 0.326 e. The van der Waals surface area contributed by atoms with Crippen molar-refractivity contribution in [2.45, 2.75) is 135 Å². The van der Waals surface area contributed by atoms with Crippen molar-refractivity contribution >= 4 is 52.9 Å². The van der Waals surface area contributed by atoms with Crippen LogP contribution in [0.15, 0.2) is 48.5 Å². The Labute approximate surface area is 389 Å².